The molecule has 0 saturated carbocycles. The van der Waals surface area contributed by atoms with E-state index in [9.17, 15) is 10.5 Å². The number of aryl methyl sites for hydroxylation is 2. The molecule has 0 amide bonds. The Bertz CT molecular complexity index is 1550. The summed E-state index contributed by atoms with van der Waals surface area (Å²) >= 11 is 0. The maximum Gasteiger partial charge on any atom is 0.179 e. The third-order valence-electron chi connectivity index (χ3n) is 5.54. The van der Waals surface area contributed by atoms with Gasteiger partial charge in [0.25, 0.3) is 0 Å². The van der Waals surface area contributed by atoms with Gasteiger partial charge in [-0.1, -0.05) is 24.3 Å². The number of H-pyrrole nitrogens is 1. The number of aromatic nitrogens is 5. The summed E-state index contributed by atoms with van der Waals surface area (Å²) in [4.78, 5) is 16.8. The summed E-state index contributed by atoms with van der Waals surface area (Å²) in [6, 6.07) is 19.3. The number of imidazole rings is 1. The minimum atomic E-state index is -0.0466. The van der Waals surface area contributed by atoms with Crippen molar-refractivity contribution in [1.82, 2.24) is 24.5 Å². The van der Waals surface area contributed by atoms with Crippen molar-refractivity contribution in [3.63, 3.8) is 0 Å². The highest BCUT2D eigenvalue weighted by atomic mass is 16.5. The fourth-order valence-electron chi connectivity index (χ4n) is 3.87. The summed E-state index contributed by atoms with van der Waals surface area (Å²) in [5, 5.41) is 19.0. The quantitative estimate of drug-likeness (QED) is 0.431. The Balaban J connectivity index is 1.67. The highest BCUT2D eigenvalue weighted by Crippen LogP contribution is 2.35. The van der Waals surface area contributed by atoms with Gasteiger partial charge in [-0.3, -0.25) is 0 Å². The fraction of sp³-hybridized carbons (Fsp3) is 0.125. The van der Waals surface area contributed by atoms with E-state index in [1.165, 1.54) is 0 Å². The minimum Gasteiger partial charge on any atom is -0.497 e. The number of benzene rings is 2. The predicted molar refractivity (Wildman–Crippen MR) is 123 cm³/mol. The van der Waals surface area contributed by atoms with Gasteiger partial charge in [-0.05, 0) is 36.2 Å². The van der Waals surface area contributed by atoms with E-state index >= 15 is 0 Å². The lowest BCUT2D eigenvalue weighted by atomic mass is 10.1. The van der Waals surface area contributed by atoms with Gasteiger partial charge in [-0.15, -0.1) is 0 Å². The van der Waals surface area contributed by atoms with Gasteiger partial charge < -0.3 is 20.0 Å². The summed E-state index contributed by atoms with van der Waals surface area (Å²) in [7, 11) is 1.63. The first-order chi connectivity index (χ1) is 16.1. The third-order valence-corrected chi connectivity index (χ3v) is 5.54. The molecule has 3 aromatic heterocycles. The molecule has 2 aromatic carbocycles. The van der Waals surface area contributed by atoms with Gasteiger partial charge >= 0.3 is 0 Å². The zero-order valence-corrected chi connectivity index (χ0v) is 17.7. The zero-order valence-electron chi connectivity index (χ0n) is 17.7. The van der Waals surface area contributed by atoms with Crippen molar-refractivity contribution < 1.29 is 4.74 Å². The number of ether oxygens (including phenoxy) is 1. The molecule has 9 heteroatoms. The molecule has 0 atom stereocenters. The van der Waals surface area contributed by atoms with E-state index in [0.717, 1.165) is 22.3 Å². The van der Waals surface area contributed by atoms with Crippen molar-refractivity contribution in [1.29, 1.82) is 10.5 Å². The second-order valence-corrected chi connectivity index (χ2v) is 7.43. The Morgan fingerprint density at radius 2 is 1.73 bits per heavy atom. The number of nitrogen functional groups attached to an aromatic ring is 1. The van der Waals surface area contributed by atoms with E-state index in [4.69, 9.17) is 10.5 Å². The van der Waals surface area contributed by atoms with Crippen LogP contribution in [-0.2, 0) is 13.0 Å². The number of aromatic amines is 1. The molecule has 3 N–H and O–H groups in total. The number of anilines is 1. The molecule has 0 spiro atoms. The van der Waals surface area contributed by atoms with Crippen molar-refractivity contribution in [3.8, 4) is 29.3 Å². The Morgan fingerprint density at radius 3 is 2.42 bits per heavy atom. The number of methoxy groups -OCH3 is 1. The number of hydrogen-bond acceptors (Lipinski definition) is 7. The molecule has 9 nitrogen and oxygen atoms in total. The van der Waals surface area contributed by atoms with E-state index in [-0.39, 0.29) is 11.4 Å². The van der Waals surface area contributed by atoms with Gasteiger partial charge in [0.2, 0.25) is 0 Å². The topological polar surface area (TPSA) is 142 Å². The number of para-hydroxylation sites is 2. The highest BCUT2D eigenvalue weighted by Gasteiger charge is 2.24. The Labute approximate surface area is 188 Å². The Hall–Kier alpha value is -4.89. The van der Waals surface area contributed by atoms with Gasteiger partial charge in [0.1, 0.15) is 35.0 Å². The lowest BCUT2D eigenvalue weighted by Crippen LogP contribution is -2.07. The van der Waals surface area contributed by atoms with Crippen LogP contribution in [0.2, 0.25) is 0 Å². The van der Waals surface area contributed by atoms with Crippen LogP contribution < -0.4 is 10.5 Å². The largest absolute Gasteiger partial charge is 0.497 e. The molecular formula is C24H18N8O. The first-order valence-corrected chi connectivity index (χ1v) is 10.2. The van der Waals surface area contributed by atoms with Gasteiger partial charge in [-0.2, -0.15) is 10.5 Å². The summed E-state index contributed by atoms with van der Waals surface area (Å²) in [6.07, 6.45) is 0.668. The summed E-state index contributed by atoms with van der Waals surface area (Å²) in [6.45, 7) is 0.500. The zero-order chi connectivity index (χ0) is 22.9. The minimum absolute atomic E-state index is 0.0376. The monoisotopic (exact) mass is 434 g/mol. The molecule has 0 bridgehead atoms. The highest BCUT2D eigenvalue weighted by molar-refractivity contribution is 5.98. The van der Waals surface area contributed by atoms with Crippen LogP contribution >= 0.6 is 0 Å². The van der Waals surface area contributed by atoms with Crippen LogP contribution in [0, 0.1) is 22.7 Å². The molecule has 0 saturated heterocycles. The molecule has 5 rings (SSSR count). The Morgan fingerprint density at radius 1 is 1.00 bits per heavy atom. The van der Waals surface area contributed by atoms with Crippen LogP contribution in [0.15, 0.2) is 48.5 Å². The van der Waals surface area contributed by atoms with Crippen LogP contribution in [0.4, 0.5) is 5.82 Å². The maximum atomic E-state index is 9.48. The molecule has 160 valence electrons. The number of nitrogens with one attached hydrogen (secondary N) is 1. The lowest BCUT2D eigenvalue weighted by Gasteiger charge is -2.08. The first-order valence-electron chi connectivity index (χ1n) is 10.2. The van der Waals surface area contributed by atoms with E-state index in [1.54, 1.807) is 7.11 Å². The smallest absolute Gasteiger partial charge is 0.179 e. The number of fused-ring (bicyclic) bond motifs is 2. The average Bonchev–Trinajstić information content (AvgIpc) is 3.39. The molecule has 5 aromatic rings. The number of nitrogens with two attached hydrogens (primary N) is 1. The number of hydrogen-bond donors (Lipinski definition) is 2. The molecule has 33 heavy (non-hydrogen) atoms. The van der Waals surface area contributed by atoms with Crippen LogP contribution in [0.25, 0.3) is 33.6 Å². The molecule has 0 unspecified atom stereocenters. The first kappa shape index (κ1) is 20.0. The fourth-order valence-corrected chi connectivity index (χ4v) is 3.87. The number of rotatable bonds is 5. The van der Waals surface area contributed by atoms with E-state index < -0.39 is 0 Å². The van der Waals surface area contributed by atoms with Crippen molar-refractivity contribution in [3.05, 3.63) is 65.5 Å². The normalized spacial score (nSPS) is 10.9. The van der Waals surface area contributed by atoms with Gasteiger partial charge in [0.05, 0.1) is 23.7 Å². The molecule has 0 aliphatic carbocycles. The molecule has 0 fully saturated rings. The second kappa shape index (κ2) is 7.98. The van der Waals surface area contributed by atoms with Crippen LogP contribution in [0.1, 0.15) is 17.0 Å². The second-order valence-electron chi connectivity index (χ2n) is 7.43. The Kier molecular flexibility index (Phi) is 4.85. The lowest BCUT2D eigenvalue weighted by molar-refractivity contribution is 0.414. The van der Waals surface area contributed by atoms with Crippen LogP contribution in [0.5, 0.6) is 5.75 Å². The van der Waals surface area contributed by atoms with Gasteiger partial charge in [0.15, 0.2) is 17.0 Å². The van der Waals surface area contributed by atoms with Crippen molar-refractivity contribution >= 4 is 28.0 Å². The van der Waals surface area contributed by atoms with Crippen molar-refractivity contribution in [2.24, 2.45) is 0 Å². The molecular weight excluding hydrogens is 416 g/mol. The average molecular weight is 434 g/mol. The van der Waals surface area contributed by atoms with E-state index in [0.29, 0.717) is 41.3 Å². The number of nitriles is 2. The maximum absolute atomic E-state index is 9.48. The molecule has 0 aliphatic heterocycles. The summed E-state index contributed by atoms with van der Waals surface area (Å²) < 4.78 is 7.04. The molecule has 0 aliphatic rings. The molecule has 0 radical (unpaired) electrons. The predicted octanol–water partition coefficient (Wildman–Crippen LogP) is 3.55. The van der Waals surface area contributed by atoms with Gasteiger partial charge in [-0.25, -0.2) is 15.0 Å². The third kappa shape index (κ3) is 3.38. The summed E-state index contributed by atoms with van der Waals surface area (Å²) in [5.41, 5.74) is 10.7. The van der Waals surface area contributed by atoms with E-state index in [2.05, 4.69) is 19.9 Å². The standard InChI is InChI=1S/C24H18N8O/c1-33-15-8-6-14(7-9-15)10-11-32-22(27)20(23-29-16-4-2-3-5-17(16)30-23)21-24(32)31-19(13-26)18(12-25)28-21/h2-9H,10-11,27H2,1H3,(H,29,30). The van der Waals surface area contributed by atoms with Crippen molar-refractivity contribution in [2.45, 2.75) is 13.0 Å². The summed E-state index contributed by atoms with van der Waals surface area (Å²) in [5.74, 6) is 1.73. The van der Waals surface area contributed by atoms with Crippen LogP contribution in [-0.4, -0.2) is 31.6 Å². The van der Waals surface area contributed by atoms with Crippen LogP contribution in [0.3, 0.4) is 0 Å². The van der Waals surface area contributed by atoms with E-state index in [1.807, 2.05) is 65.2 Å². The number of nitrogens with zero attached hydrogens (tertiary/aromatic N) is 6. The van der Waals surface area contributed by atoms with Crippen molar-refractivity contribution in [2.75, 3.05) is 12.8 Å². The SMILES string of the molecule is COc1ccc(CCn2c(N)c(-c3nc4ccccc4[nH]3)c3nc(C#N)c(C#N)nc32)cc1. The van der Waals surface area contributed by atoms with Gasteiger partial charge in [0, 0.05) is 6.54 Å². The molecule has 3 heterocycles.